The molecule has 2 aromatic carbocycles. The Kier molecular flexibility index (Phi) is 3.05. The van der Waals surface area contributed by atoms with Crippen LogP contribution < -0.4 is 5.73 Å². The number of halogens is 1. The van der Waals surface area contributed by atoms with Crippen LogP contribution >= 0.6 is 0 Å². The third-order valence-corrected chi connectivity index (χ3v) is 3.37. The number of benzene rings is 2. The number of nitrogens with two attached hydrogens (primary N) is 1. The molecule has 0 amide bonds. The van der Waals surface area contributed by atoms with Gasteiger partial charge in [0.1, 0.15) is 5.82 Å². The number of nitrogens with one attached hydrogen (secondary N) is 1. The maximum Gasteiger partial charge on any atom is 0.131 e. The Labute approximate surface area is 111 Å². The predicted molar refractivity (Wildman–Crippen MR) is 76.5 cm³/mol. The van der Waals surface area contributed by atoms with Gasteiger partial charge in [-0.05, 0) is 36.2 Å². The third-order valence-electron chi connectivity index (χ3n) is 3.37. The van der Waals surface area contributed by atoms with Crippen LogP contribution in [0.15, 0.2) is 48.7 Å². The summed E-state index contributed by atoms with van der Waals surface area (Å²) in [6, 6.07) is 12.8. The van der Waals surface area contributed by atoms with Crippen LogP contribution in [0, 0.1) is 5.82 Å². The highest BCUT2D eigenvalue weighted by molar-refractivity contribution is 5.87. The summed E-state index contributed by atoms with van der Waals surface area (Å²) in [6.45, 7) is 0.627. The summed E-state index contributed by atoms with van der Waals surface area (Å²) in [5.74, 6) is -0.199. The molecule has 0 bridgehead atoms. The van der Waals surface area contributed by atoms with Gasteiger partial charge >= 0.3 is 0 Å². The van der Waals surface area contributed by atoms with Crippen molar-refractivity contribution >= 4 is 10.9 Å². The van der Waals surface area contributed by atoms with Gasteiger partial charge in [-0.1, -0.05) is 30.3 Å². The van der Waals surface area contributed by atoms with Gasteiger partial charge in [0.2, 0.25) is 0 Å². The Bertz CT molecular complexity index is 716. The molecule has 0 aliphatic rings. The molecule has 0 saturated heterocycles. The molecule has 96 valence electrons. The summed E-state index contributed by atoms with van der Waals surface area (Å²) in [4.78, 5) is 3.22. The smallest absolute Gasteiger partial charge is 0.131 e. The molecule has 1 aromatic heterocycles. The van der Waals surface area contributed by atoms with Crippen molar-refractivity contribution in [3.63, 3.8) is 0 Å². The summed E-state index contributed by atoms with van der Waals surface area (Å²) in [5.41, 5.74) is 9.32. The largest absolute Gasteiger partial charge is 0.361 e. The van der Waals surface area contributed by atoms with E-state index in [0.717, 1.165) is 22.9 Å². The normalized spacial score (nSPS) is 11.1. The van der Waals surface area contributed by atoms with Gasteiger partial charge < -0.3 is 10.7 Å². The fourth-order valence-corrected chi connectivity index (χ4v) is 2.41. The maximum atomic E-state index is 13.8. The molecule has 0 radical (unpaired) electrons. The van der Waals surface area contributed by atoms with Gasteiger partial charge in [0.25, 0.3) is 0 Å². The lowest BCUT2D eigenvalue weighted by Gasteiger charge is -2.04. The topological polar surface area (TPSA) is 41.8 Å². The van der Waals surface area contributed by atoms with Crippen molar-refractivity contribution in [1.29, 1.82) is 0 Å². The van der Waals surface area contributed by atoms with Crippen LogP contribution in [-0.4, -0.2) is 11.5 Å². The van der Waals surface area contributed by atoms with E-state index in [1.54, 1.807) is 12.1 Å². The van der Waals surface area contributed by atoms with Gasteiger partial charge in [0, 0.05) is 22.7 Å². The van der Waals surface area contributed by atoms with Crippen LogP contribution in [0.5, 0.6) is 0 Å². The molecule has 0 unspecified atom stereocenters. The van der Waals surface area contributed by atoms with Crippen LogP contribution in [-0.2, 0) is 6.42 Å². The van der Waals surface area contributed by atoms with Gasteiger partial charge in [-0.2, -0.15) is 0 Å². The SMILES string of the molecule is NCCc1c[nH]c2cc(-c3ccccc3F)ccc12. The Morgan fingerprint density at radius 3 is 2.74 bits per heavy atom. The lowest BCUT2D eigenvalue weighted by Crippen LogP contribution is -2.01. The fraction of sp³-hybridized carbons (Fsp3) is 0.125. The van der Waals surface area contributed by atoms with Crippen LogP contribution in [0.3, 0.4) is 0 Å². The first-order chi connectivity index (χ1) is 9.29. The Hall–Kier alpha value is -2.13. The quantitative estimate of drug-likeness (QED) is 0.738. The zero-order valence-corrected chi connectivity index (χ0v) is 10.5. The van der Waals surface area contributed by atoms with Crippen molar-refractivity contribution < 1.29 is 4.39 Å². The van der Waals surface area contributed by atoms with Gasteiger partial charge in [-0.25, -0.2) is 4.39 Å². The van der Waals surface area contributed by atoms with Crippen LogP contribution in [0.25, 0.3) is 22.0 Å². The highest BCUT2D eigenvalue weighted by Gasteiger charge is 2.07. The Morgan fingerprint density at radius 2 is 1.95 bits per heavy atom. The van der Waals surface area contributed by atoms with E-state index in [1.165, 1.54) is 11.6 Å². The van der Waals surface area contributed by atoms with E-state index in [-0.39, 0.29) is 5.82 Å². The van der Waals surface area contributed by atoms with E-state index in [4.69, 9.17) is 5.73 Å². The average molecular weight is 254 g/mol. The minimum absolute atomic E-state index is 0.199. The molecule has 0 atom stereocenters. The molecule has 3 heteroatoms. The zero-order valence-electron chi connectivity index (χ0n) is 10.5. The standard InChI is InChI=1S/C16H15FN2/c17-15-4-2-1-3-13(15)11-5-6-14-12(7-8-18)10-19-16(14)9-11/h1-6,9-10,19H,7-8,18H2. The molecule has 0 fully saturated rings. The number of rotatable bonds is 3. The second-order valence-corrected chi connectivity index (χ2v) is 4.59. The number of fused-ring (bicyclic) bond motifs is 1. The fourth-order valence-electron chi connectivity index (χ4n) is 2.41. The molecule has 1 heterocycles. The first kappa shape index (κ1) is 11.9. The van der Waals surface area contributed by atoms with Gasteiger partial charge in [0.05, 0.1) is 0 Å². The van der Waals surface area contributed by atoms with Crippen molar-refractivity contribution in [3.8, 4) is 11.1 Å². The first-order valence-corrected chi connectivity index (χ1v) is 6.34. The molecule has 3 rings (SSSR count). The molecule has 19 heavy (non-hydrogen) atoms. The molecule has 0 aliphatic carbocycles. The van der Waals surface area contributed by atoms with E-state index >= 15 is 0 Å². The lowest BCUT2D eigenvalue weighted by molar-refractivity contribution is 0.631. The molecule has 0 saturated carbocycles. The van der Waals surface area contributed by atoms with E-state index in [0.29, 0.717) is 12.1 Å². The summed E-state index contributed by atoms with van der Waals surface area (Å²) < 4.78 is 13.8. The number of aromatic amines is 1. The van der Waals surface area contributed by atoms with Crippen molar-refractivity contribution in [3.05, 3.63) is 60.0 Å². The first-order valence-electron chi connectivity index (χ1n) is 6.34. The van der Waals surface area contributed by atoms with Crippen LogP contribution in [0.1, 0.15) is 5.56 Å². The van der Waals surface area contributed by atoms with Gasteiger partial charge in [0.15, 0.2) is 0 Å². The van der Waals surface area contributed by atoms with E-state index in [1.807, 2.05) is 30.5 Å². The van der Waals surface area contributed by atoms with Crippen molar-refractivity contribution in [1.82, 2.24) is 4.98 Å². The molecular weight excluding hydrogens is 239 g/mol. The highest BCUT2D eigenvalue weighted by Crippen LogP contribution is 2.27. The van der Waals surface area contributed by atoms with Gasteiger partial charge in [-0.15, -0.1) is 0 Å². The number of hydrogen-bond acceptors (Lipinski definition) is 1. The monoisotopic (exact) mass is 254 g/mol. The number of H-pyrrole nitrogens is 1. The molecule has 0 spiro atoms. The van der Waals surface area contributed by atoms with Crippen molar-refractivity contribution in [2.75, 3.05) is 6.54 Å². The molecule has 3 aromatic rings. The van der Waals surface area contributed by atoms with Crippen molar-refractivity contribution in [2.45, 2.75) is 6.42 Å². The van der Waals surface area contributed by atoms with E-state index in [2.05, 4.69) is 4.98 Å². The summed E-state index contributed by atoms with van der Waals surface area (Å²) in [5, 5.41) is 1.16. The molecule has 3 N–H and O–H groups in total. The maximum absolute atomic E-state index is 13.8. The summed E-state index contributed by atoms with van der Waals surface area (Å²) in [7, 11) is 0. The Balaban J connectivity index is 2.10. The van der Waals surface area contributed by atoms with Crippen LogP contribution in [0.4, 0.5) is 4.39 Å². The third kappa shape index (κ3) is 2.13. The molecular formula is C16H15FN2. The van der Waals surface area contributed by atoms with Crippen LogP contribution in [0.2, 0.25) is 0 Å². The predicted octanol–water partition coefficient (Wildman–Crippen LogP) is 3.48. The average Bonchev–Trinajstić information content (AvgIpc) is 2.82. The second-order valence-electron chi connectivity index (χ2n) is 4.59. The van der Waals surface area contributed by atoms with Gasteiger partial charge in [-0.3, -0.25) is 0 Å². The van der Waals surface area contributed by atoms with Crippen molar-refractivity contribution in [2.24, 2.45) is 5.73 Å². The minimum atomic E-state index is -0.199. The summed E-state index contributed by atoms with van der Waals surface area (Å²) >= 11 is 0. The number of hydrogen-bond donors (Lipinski definition) is 2. The second kappa shape index (κ2) is 4.86. The number of aromatic nitrogens is 1. The highest BCUT2D eigenvalue weighted by atomic mass is 19.1. The van der Waals surface area contributed by atoms with E-state index in [9.17, 15) is 4.39 Å². The van der Waals surface area contributed by atoms with E-state index < -0.39 is 0 Å². The molecule has 2 nitrogen and oxygen atoms in total. The Morgan fingerprint density at radius 1 is 1.11 bits per heavy atom. The minimum Gasteiger partial charge on any atom is -0.361 e. The lowest BCUT2D eigenvalue weighted by atomic mass is 10.0. The summed E-state index contributed by atoms with van der Waals surface area (Å²) in [6.07, 6.45) is 2.82. The zero-order chi connectivity index (χ0) is 13.2. The molecule has 0 aliphatic heterocycles.